The first-order valence-corrected chi connectivity index (χ1v) is 8.66. The summed E-state index contributed by atoms with van der Waals surface area (Å²) in [4.78, 5) is 37.1. The van der Waals surface area contributed by atoms with Gasteiger partial charge in [0.2, 0.25) is 5.91 Å². The van der Waals surface area contributed by atoms with E-state index in [-0.39, 0.29) is 12.5 Å². The minimum atomic E-state index is -0.728. The van der Waals surface area contributed by atoms with Gasteiger partial charge in [-0.05, 0) is 36.6 Å². The van der Waals surface area contributed by atoms with Crippen LogP contribution >= 0.6 is 0 Å². The lowest BCUT2D eigenvalue weighted by Crippen LogP contribution is -2.42. The Hall–Kier alpha value is -3.41. The number of benzene rings is 2. The molecule has 1 N–H and O–H groups in total. The van der Waals surface area contributed by atoms with Crippen LogP contribution < -0.4 is 16.4 Å². The van der Waals surface area contributed by atoms with Crippen molar-refractivity contribution in [3.63, 3.8) is 0 Å². The molecule has 1 aromatic heterocycles. The number of nitrogens with one attached hydrogen (secondary N) is 1. The predicted octanol–water partition coefficient (Wildman–Crippen LogP) is 1.93. The summed E-state index contributed by atoms with van der Waals surface area (Å²) in [7, 11) is 0. The number of hydrogen-bond donors (Lipinski definition) is 1. The quantitative estimate of drug-likeness (QED) is 0.704. The van der Waals surface area contributed by atoms with Crippen LogP contribution in [0.25, 0.3) is 5.69 Å². The summed E-state index contributed by atoms with van der Waals surface area (Å²) in [6, 6.07) is 15.1. The Bertz CT molecular complexity index is 1080. The van der Waals surface area contributed by atoms with E-state index in [1.54, 1.807) is 6.07 Å². The molecule has 0 radical (unpaired) electrons. The lowest BCUT2D eigenvalue weighted by molar-refractivity contribution is -0.121. The van der Waals surface area contributed by atoms with E-state index >= 15 is 0 Å². The summed E-state index contributed by atoms with van der Waals surface area (Å²) >= 11 is 0. The third-order valence-corrected chi connectivity index (χ3v) is 4.54. The molecule has 6 nitrogen and oxygen atoms in total. The monoisotopic (exact) mass is 363 g/mol. The molecule has 3 aromatic rings. The van der Waals surface area contributed by atoms with Crippen molar-refractivity contribution in [3.05, 3.63) is 98.3 Å². The zero-order chi connectivity index (χ0) is 19.4. The summed E-state index contributed by atoms with van der Waals surface area (Å²) in [5.41, 5.74) is 2.18. The van der Waals surface area contributed by atoms with Crippen molar-refractivity contribution in [1.82, 2.24) is 14.5 Å². The molecule has 0 fully saturated rings. The number of aromatic nitrogens is 2. The number of amides is 1. The highest BCUT2D eigenvalue weighted by atomic mass is 16.2. The molecule has 0 bridgehead atoms. The minimum Gasteiger partial charge on any atom is -0.350 e. The van der Waals surface area contributed by atoms with E-state index < -0.39 is 11.1 Å². The van der Waals surface area contributed by atoms with Gasteiger partial charge in [-0.15, -0.1) is 0 Å². The molecule has 0 aliphatic rings. The van der Waals surface area contributed by atoms with Gasteiger partial charge in [-0.25, -0.2) is 0 Å². The molecular weight excluding hydrogens is 342 g/mol. The number of carbonyl (C=O) groups excluding carboxylic acids is 1. The molecule has 0 saturated heterocycles. The molecule has 0 atom stereocenters. The summed E-state index contributed by atoms with van der Waals surface area (Å²) in [5.74, 6) is -0.329. The Labute approximate surface area is 156 Å². The van der Waals surface area contributed by atoms with Crippen LogP contribution in [0, 0.1) is 13.8 Å². The number of nitrogens with zero attached hydrogens (tertiary/aromatic N) is 2. The van der Waals surface area contributed by atoms with Crippen LogP contribution in [-0.4, -0.2) is 15.0 Å². The first-order valence-electron chi connectivity index (χ1n) is 8.66. The van der Waals surface area contributed by atoms with Crippen molar-refractivity contribution >= 4 is 5.91 Å². The maximum Gasteiger partial charge on any atom is 0.320 e. The maximum absolute atomic E-state index is 12.5. The maximum atomic E-state index is 12.5. The Morgan fingerprint density at radius 2 is 1.67 bits per heavy atom. The number of hydrogen-bond acceptors (Lipinski definition) is 3. The highest BCUT2D eigenvalue weighted by molar-refractivity contribution is 5.75. The average molecular weight is 363 g/mol. The fourth-order valence-electron chi connectivity index (χ4n) is 2.83. The van der Waals surface area contributed by atoms with E-state index in [9.17, 15) is 14.4 Å². The van der Waals surface area contributed by atoms with Crippen molar-refractivity contribution in [2.45, 2.75) is 26.9 Å². The van der Waals surface area contributed by atoms with Gasteiger partial charge in [-0.1, -0.05) is 42.5 Å². The smallest absolute Gasteiger partial charge is 0.320 e. The van der Waals surface area contributed by atoms with E-state index in [2.05, 4.69) is 5.32 Å². The topological polar surface area (TPSA) is 73.1 Å². The standard InChI is InChI=1S/C21H21N3O3/c1-15-7-6-10-18(16(15)2)24-12-11-23(20(26)21(24)27)14-19(25)22-13-17-8-4-3-5-9-17/h3-12H,13-14H2,1-2H3,(H,22,25). The molecule has 0 aliphatic heterocycles. The second-order valence-electron chi connectivity index (χ2n) is 6.39. The zero-order valence-electron chi connectivity index (χ0n) is 15.3. The second-order valence-corrected chi connectivity index (χ2v) is 6.39. The number of carbonyl (C=O) groups is 1. The van der Waals surface area contributed by atoms with Gasteiger partial charge in [0, 0.05) is 18.9 Å². The van der Waals surface area contributed by atoms with Crippen LogP contribution in [0.1, 0.15) is 16.7 Å². The first kappa shape index (κ1) is 18.4. The predicted molar refractivity (Wildman–Crippen MR) is 104 cm³/mol. The van der Waals surface area contributed by atoms with E-state index in [1.807, 2.05) is 56.3 Å². The molecule has 1 amide bonds. The SMILES string of the molecule is Cc1cccc(-n2ccn(CC(=O)NCc3ccccc3)c(=O)c2=O)c1C. The molecule has 0 aliphatic carbocycles. The highest BCUT2D eigenvalue weighted by Crippen LogP contribution is 2.15. The van der Waals surface area contributed by atoms with Crippen molar-refractivity contribution in [2.75, 3.05) is 0 Å². The number of aryl methyl sites for hydroxylation is 1. The van der Waals surface area contributed by atoms with Crippen molar-refractivity contribution in [3.8, 4) is 5.69 Å². The van der Waals surface area contributed by atoms with Crippen LogP contribution in [0.3, 0.4) is 0 Å². The van der Waals surface area contributed by atoms with Crippen molar-refractivity contribution in [2.24, 2.45) is 0 Å². The van der Waals surface area contributed by atoms with Gasteiger partial charge < -0.3 is 5.32 Å². The largest absolute Gasteiger partial charge is 0.350 e. The molecular formula is C21H21N3O3. The molecule has 0 saturated carbocycles. The summed E-state index contributed by atoms with van der Waals surface area (Å²) in [6.07, 6.45) is 2.99. The van der Waals surface area contributed by atoms with Crippen LogP contribution in [0.2, 0.25) is 0 Å². The molecule has 3 rings (SSSR count). The molecule has 0 unspecified atom stereocenters. The van der Waals surface area contributed by atoms with Crippen LogP contribution in [-0.2, 0) is 17.9 Å². The fraction of sp³-hybridized carbons (Fsp3) is 0.190. The second kappa shape index (κ2) is 7.86. The lowest BCUT2D eigenvalue weighted by atomic mass is 10.1. The van der Waals surface area contributed by atoms with E-state index in [0.717, 1.165) is 21.3 Å². The minimum absolute atomic E-state index is 0.200. The molecule has 27 heavy (non-hydrogen) atoms. The molecule has 0 spiro atoms. The summed E-state index contributed by atoms with van der Waals surface area (Å²) < 4.78 is 2.45. The lowest BCUT2D eigenvalue weighted by Gasteiger charge is -2.12. The Morgan fingerprint density at radius 1 is 0.926 bits per heavy atom. The normalized spacial score (nSPS) is 10.6. The van der Waals surface area contributed by atoms with Gasteiger partial charge in [0.1, 0.15) is 6.54 Å². The molecule has 1 heterocycles. The van der Waals surface area contributed by atoms with Gasteiger partial charge in [-0.2, -0.15) is 0 Å². The van der Waals surface area contributed by atoms with Crippen LogP contribution in [0.15, 0.2) is 70.5 Å². The van der Waals surface area contributed by atoms with Crippen molar-refractivity contribution < 1.29 is 4.79 Å². The Balaban J connectivity index is 1.79. The third-order valence-electron chi connectivity index (χ3n) is 4.54. The van der Waals surface area contributed by atoms with Crippen molar-refractivity contribution in [1.29, 1.82) is 0 Å². The molecule has 2 aromatic carbocycles. The van der Waals surface area contributed by atoms with Gasteiger partial charge in [0.25, 0.3) is 0 Å². The first-order chi connectivity index (χ1) is 13.0. The fourth-order valence-corrected chi connectivity index (χ4v) is 2.83. The molecule has 6 heteroatoms. The number of rotatable bonds is 5. The molecule has 138 valence electrons. The third kappa shape index (κ3) is 4.06. The Kier molecular flexibility index (Phi) is 5.35. The van der Waals surface area contributed by atoms with Gasteiger partial charge in [-0.3, -0.25) is 23.5 Å². The van der Waals surface area contributed by atoms with Gasteiger partial charge in [0.05, 0.1) is 5.69 Å². The van der Waals surface area contributed by atoms with Crippen LogP contribution in [0.5, 0.6) is 0 Å². The highest BCUT2D eigenvalue weighted by Gasteiger charge is 2.11. The van der Waals surface area contributed by atoms with Crippen LogP contribution in [0.4, 0.5) is 0 Å². The van der Waals surface area contributed by atoms with E-state index in [0.29, 0.717) is 12.2 Å². The van der Waals surface area contributed by atoms with E-state index in [1.165, 1.54) is 17.0 Å². The summed E-state index contributed by atoms with van der Waals surface area (Å²) in [5, 5.41) is 2.75. The summed E-state index contributed by atoms with van der Waals surface area (Å²) in [6.45, 7) is 4.02. The zero-order valence-corrected chi connectivity index (χ0v) is 15.3. The average Bonchev–Trinajstić information content (AvgIpc) is 2.67. The Morgan fingerprint density at radius 3 is 2.41 bits per heavy atom. The van der Waals surface area contributed by atoms with E-state index in [4.69, 9.17) is 0 Å². The van der Waals surface area contributed by atoms with Gasteiger partial charge in [0.15, 0.2) is 0 Å². The van der Waals surface area contributed by atoms with Gasteiger partial charge >= 0.3 is 11.1 Å².